The van der Waals surface area contributed by atoms with Crippen molar-refractivity contribution >= 4 is 11.6 Å². The van der Waals surface area contributed by atoms with Crippen molar-refractivity contribution in [2.75, 3.05) is 11.9 Å². The molecule has 5 heteroatoms. The van der Waals surface area contributed by atoms with Crippen LogP contribution in [-0.2, 0) is 0 Å². The van der Waals surface area contributed by atoms with Gasteiger partial charge in [0.1, 0.15) is 22.8 Å². The SMILES string of the molecule is CN(C(=O)c1c(O)cccc1O)c1cccc(O)c1. The Morgan fingerprint density at radius 3 is 2.16 bits per heavy atom. The number of hydrogen-bond donors (Lipinski definition) is 3. The molecule has 2 aromatic carbocycles. The average molecular weight is 259 g/mol. The van der Waals surface area contributed by atoms with Gasteiger partial charge in [0, 0.05) is 18.8 Å². The first-order valence-corrected chi connectivity index (χ1v) is 5.58. The fourth-order valence-electron chi connectivity index (χ4n) is 1.73. The molecule has 98 valence electrons. The third kappa shape index (κ3) is 2.44. The zero-order valence-electron chi connectivity index (χ0n) is 10.2. The summed E-state index contributed by atoms with van der Waals surface area (Å²) in [6, 6.07) is 10.2. The van der Waals surface area contributed by atoms with E-state index < -0.39 is 5.91 Å². The maximum Gasteiger partial charge on any atom is 0.265 e. The van der Waals surface area contributed by atoms with E-state index in [-0.39, 0.29) is 22.8 Å². The number of aromatic hydroxyl groups is 3. The van der Waals surface area contributed by atoms with Crippen molar-refractivity contribution in [3.05, 3.63) is 48.0 Å². The van der Waals surface area contributed by atoms with Crippen molar-refractivity contribution in [2.24, 2.45) is 0 Å². The standard InChI is InChI=1S/C14H13NO4/c1-15(9-4-2-5-10(16)8-9)14(19)13-11(17)6-3-7-12(13)18/h2-8,16-18H,1H3. The predicted molar refractivity (Wildman–Crippen MR) is 70.6 cm³/mol. The highest BCUT2D eigenvalue weighted by Gasteiger charge is 2.21. The maximum atomic E-state index is 12.2. The summed E-state index contributed by atoms with van der Waals surface area (Å²) in [5.74, 6) is -1.13. The summed E-state index contributed by atoms with van der Waals surface area (Å²) in [5.41, 5.74) is 0.279. The lowest BCUT2D eigenvalue weighted by Crippen LogP contribution is -2.26. The summed E-state index contributed by atoms with van der Waals surface area (Å²) in [7, 11) is 1.49. The van der Waals surface area contributed by atoms with Crippen LogP contribution in [0.2, 0.25) is 0 Å². The summed E-state index contributed by atoms with van der Waals surface area (Å²) >= 11 is 0. The minimum absolute atomic E-state index is 0.0265. The van der Waals surface area contributed by atoms with Gasteiger partial charge in [-0.1, -0.05) is 12.1 Å². The van der Waals surface area contributed by atoms with Gasteiger partial charge in [-0.05, 0) is 24.3 Å². The maximum absolute atomic E-state index is 12.2. The third-order valence-corrected chi connectivity index (χ3v) is 2.76. The lowest BCUT2D eigenvalue weighted by Gasteiger charge is -2.18. The van der Waals surface area contributed by atoms with Crippen LogP contribution in [0.25, 0.3) is 0 Å². The smallest absolute Gasteiger partial charge is 0.265 e. The number of phenols is 3. The number of anilines is 1. The normalized spacial score (nSPS) is 10.2. The minimum Gasteiger partial charge on any atom is -0.508 e. The highest BCUT2D eigenvalue weighted by Crippen LogP contribution is 2.29. The molecule has 0 aliphatic rings. The van der Waals surface area contributed by atoms with Crippen LogP contribution in [0.5, 0.6) is 17.2 Å². The van der Waals surface area contributed by atoms with E-state index in [1.165, 1.54) is 42.3 Å². The first-order valence-electron chi connectivity index (χ1n) is 5.58. The number of carbonyl (C=O) groups is 1. The number of rotatable bonds is 2. The number of benzene rings is 2. The van der Waals surface area contributed by atoms with Crippen molar-refractivity contribution in [1.29, 1.82) is 0 Å². The van der Waals surface area contributed by atoms with Crippen LogP contribution < -0.4 is 4.90 Å². The first kappa shape index (κ1) is 12.8. The molecule has 3 N–H and O–H groups in total. The minimum atomic E-state index is -0.568. The van der Waals surface area contributed by atoms with Gasteiger partial charge in [-0.25, -0.2) is 0 Å². The van der Waals surface area contributed by atoms with Crippen molar-refractivity contribution in [2.45, 2.75) is 0 Å². The number of phenolic OH excluding ortho intramolecular Hbond substituents is 3. The van der Waals surface area contributed by atoms with Gasteiger partial charge in [0.2, 0.25) is 0 Å². The third-order valence-electron chi connectivity index (χ3n) is 2.76. The molecule has 0 saturated carbocycles. The molecule has 0 aliphatic heterocycles. The number of nitrogens with zero attached hydrogens (tertiary/aromatic N) is 1. The molecule has 0 saturated heterocycles. The van der Waals surface area contributed by atoms with Crippen molar-refractivity contribution in [1.82, 2.24) is 0 Å². The van der Waals surface area contributed by atoms with Crippen LogP contribution in [0.1, 0.15) is 10.4 Å². The molecule has 19 heavy (non-hydrogen) atoms. The monoisotopic (exact) mass is 259 g/mol. The van der Waals surface area contributed by atoms with Crippen LogP contribution in [0, 0.1) is 0 Å². The van der Waals surface area contributed by atoms with Gasteiger partial charge in [0.15, 0.2) is 0 Å². The molecular weight excluding hydrogens is 246 g/mol. The Morgan fingerprint density at radius 1 is 1.00 bits per heavy atom. The topological polar surface area (TPSA) is 81.0 Å². The second kappa shape index (κ2) is 4.89. The molecule has 0 atom stereocenters. The number of carbonyl (C=O) groups excluding carboxylic acids is 1. The number of amides is 1. The van der Waals surface area contributed by atoms with Gasteiger partial charge in [-0.2, -0.15) is 0 Å². The Bertz CT molecular complexity index is 604. The Balaban J connectivity index is 2.39. The van der Waals surface area contributed by atoms with Crippen LogP contribution in [-0.4, -0.2) is 28.3 Å². The van der Waals surface area contributed by atoms with Gasteiger partial charge in [-0.3, -0.25) is 4.79 Å². The highest BCUT2D eigenvalue weighted by molar-refractivity contribution is 6.09. The summed E-state index contributed by atoms with van der Waals surface area (Å²) in [6.07, 6.45) is 0. The molecule has 0 heterocycles. The van der Waals surface area contributed by atoms with Crippen LogP contribution in [0.15, 0.2) is 42.5 Å². The lowest BCUT2D eigenvalue weighted by molar-refractivity contribution is 0.0987. The van der Waals surface area contributed by atoms with Gasteiger partial charge in [0.05, 0.1) is 0 Å². The average Bonchev–Trinajstić information content (AvgIpc) is 2.37. The summed E-state index contributed by atoms with van der Waals surface area (Å²) < 4.78 is 0. The van der Waals surface area contributed by atoms with Gasteiger partial charge >= 0.3 is 0 Å². The van der Waals surface area contributed by atoms with E-state index in [0.29, 0.717) is 5.69 Å². The van der Waals surface area contributed by atoms with E-state index in [4.69, 9.17) is 0 Å². The molecule has 0 aromatic heterocycles. The molecular formula is C14H13NO4. The van der Waals surface area contributed by atoms with E-state index in [1.807, 2.05) is 0 Å². The summed E-state index contributed by atoms with van der Waals surface area (Å²) in [4.78, 5) is 13.5. The molecule has 5 nitrogen and oxygen atoms in total. The van der Waals surface area contributed by atoms with Crippen molar-refractivity contribution in [3.63, 3.8) is 0 Å². The lowest BCUT2D eigenvalue weighted by atomic mass is 10.1. The molecule has 2 rings (SSSR count). The highest BCUT2D eigenvalue weighted by atomic mass is 16.3. The van der Waals surface area contributed by atoms with Crippen molar-refractivity contribution in [3.8, 4) is 17.2 Å². The van der Waals surface area contributed by atoms with Gasteiger partial charge < -0.3 is 20.2 Å². The molecule has 0 radical (unpaired) electrons. The van der Waals surface area contributed by atoms with E-state index >= 15 is 0 Å². The Labute approximate surface area is 110 Å². The van der Waals surface area contributed by atoms with Crippen LogP contribution >= 0.6 is 0 Å². The summed E-state index contributed by atoms with van der Waals surface area (Å²) in [5, 5.41) is 28.7. The quantitative estimate of drug-likeness (QED) is 0.771. The van der Waals surface area contributed by atoms with E-state index in [1.54, 1.807) is 12.1 Å². The molecule has 0 unspecified atom stereocenters. The molecule has 2 aromatic rings. The van der Waals surface area contributed by atoms with Gasteiger partial charge in [0.25, 0.3) is 5.91 Å². The van der Waals surface area contributed by atoms with E-state index in [2.05, 4.69) is 0 Å². The molecule has 0 bridgehead atoms. The van der Waals surface area contributed by atoms with Crippen LogP contribution in [0.3, 0.4) is 0 Å². The zero-order chi connectivity index (χ0) is 14.0. The Hall–Kier alpha value is -2.69. The molecule has 1 amide bonds. The second-order valence-electron chi connectivity index (χ2n) is 4.06. The number of hydrogen-bond acceptors (Lipinski definition) is 4. The Morgan fingerprint density at radius 2 is 1.58 bits per heavy atom. The predicted octanol–water partition coefficient (Wildman–Crippen LogP) is 2.08. The molecule has 0 fully saturated rings. The van der Waals surface area contributed by atoms with Crippen molar-refractivity contribution < 1.29 is 20.1 Å². The van der Waals surface area contributed by atoms with E-state index in [9.17, 15) is 20.1 Å². The second-order valence-corrected chi connectivity index (χ2v) is 4.06. The molecule has 0 spiro atoms. The zero-order valence-corrected chi connectivity index (χ0v) is 10.2. The van der Waals surface area contributed by atoms with Gasteiger partial charge in [-0.15, -0.1) is 0 Å². The summed E-state index contributed by atoms with van der Waals surface area (Å²) in [6.45, 7) is 0. The fourth-order valence-corrected chi connectivity index (χ4v) is 1.73. The van der Waals surface area contributed by atoms with E-state index in [0.717, 1.165) is 0 Å². The largest absolute Gasteiger partial charge is 0.508 e. The Kier molecular flexibility index (Phi) is 3.29. The fraction of sp³-hybridized carbons (Fsp3) is 0.0714. The molecule has 0 aliphatic carbocycles. The first-order chi connectivity index (χ1) is 9.00. The van der Waals surface area contributed by atoms with Crippen LogP contribution in [0.4, 0.5) is 5.69 Å².